The normalized spacial score (nSPS) is 17.9. The summed E-state index contributed by atoms with van der Waals surface area (Å²) in [4.78, 5) is 26.6. The Morgan fingerprint density at radius 1 is 1.10 bits per heavy atom. The monoisotopic (exact) mass is 425 g/mol. The number of halogens is 2. The molecule has 0 aliphatic carbocycles. The molecule has 1 N–H and O–H groups in total. The van der Waals surface area contributed by atoms with Crippen LogP contribution in [0.2, 0.25) is 0 Å². The molecule has 4 rings (SSSR count). The lowest BCUT2D eigenvalue weighted by Crippen LogP contribution is -2.30. The second kappa shape index (κ2) is 7.71. The van der Waals surface area contributed by atoms with Gasteiger partial charge in [-0.05, 0) is 43.3 Å². The summed E-state index contributed by atoms with van der Waals surface area (Å²) in [5.74, 6) is -3.35. The second-order valence-corrected chi connectivity index (χ2v) is 6.95. The lowest BCUT2D eigenvalue weighted by molar-refractivity contribution is -0.132. The largest absolute Gasteiger partial charge is 0.507 e. The quantitative estimate of drug-likeness (QED) is 0.378. The summed E-state index contributed by atoms with van der Waals surface area (Å²) in [6.07, 6.45) is 0. The number of aryl methyl sites for hydroxylation is 1. The first-order valence-electron chi connectivity index (χ1n) is 9.28. The van der Waals surface area contributed by atoms with Crippen LogP contribution in [0.1, 0.15) is 23.1 Å². The summed E-state index contributed by atoms with van der Waals surface area (Å²) in [7, 11) is 1.44. The van der Waals surface area contributed by atoms with Gasteiger partial charge in [-0.3, -0.25) is 14.5 Å². The van der Waals surface area contributed by atoms with Gasteiger partial charge in [0, 0.05) is 11.6 Å². The lowest BCUT2D eigenvalue weighted by Gasteiger charge is -2.23. The van der Waals surface area contributed by atoms with E-state index in [1.807, 2.05) is 0 Å². The molecule has 8 heteroatoms. The molecular formula is C23H17F2NO5. The van der Waals surface area contributed by atoms with Crippen LogP contribution in [0.5, 0.6) is 5.75 Å². The lowest BCUT2D eigenvalue weighted by atomic mass is 9.99. The van der Waals surface area contributed by atoms with Crippen LogP contribution in [0.4, 0.5) is 14.5 Å². The third-order valence-corrected chi connectivity index (χ3v) is 4.99. The van der Waals surface area contributed by atoms with Crippen molar-refractivity contribution in [2.45, 2.75) is 13.0 Å². The molecule has 0 spiro atoms. The van der Waals surface area contributed by atoms with Crippen molar-refractivity contribution in [2.75, 3.05) is 12.0 Å². The van der Waals surface area contributed by atoms with Crippen molar-refractivity contribution in [3.63, 3.8) is 0 Å². The Hall–Kier alpha value is -3.94. The van der Waals surface area contributed by atoms with Gasteiger partial charge in [-0.15, -0.1) is 0 Å². The Bertz CT molecular complexity index is 1230. The zero-order valence-electron chi connectivity index (χ0n) is 16.6. The molecule has 2 heterocycles. The summed E-state index contributed by atoms with van der Waals surface area (Å²) in [5, 5.41) is 11.0. The molecule has 31 heavy (non-hydrogen) atoms. The molecule has 1 aromatic heterocycles. The molecule has 2 aromatic carbocycles. The second-order valence-electron chi connectivity index (χ2n) is 6.95. The van der Waals surface area contributed by atoms with Gasteiger partial charge < -0.3 is 14.3 Å². The number of Topliss-reactive ketones (excluding diaryl/α,β-unsaturated/α-hetero) is 1. The molecule has 1 fully saturated rings. The Balaban J connectivity index is 1.97. The van der Waals surface area contributed by atoms with Gasteiger partial charge in [0.05, 0.1) is 18.4 Å². The van der Waals surface area contributed by atoms with E-state index in [9.17, 15) is 23.5 Å². The van der Waals surface area contributed by atoms with Crippen molar-refractivity contribution in [1.29, 1.82) is 0 Å². The molecule has 158 valence electrons. The Morgan fingerprint density at radius 3 is 2.55 bits per heavy atom. The Kier molecular flexibility index (Phi) is 5.06. The predicted molar refractivity (Wildman–Crippen MR) is 108 cm³/mol. The van der Waals surface area contributed by atoms with Gasteiger partial charge in [-0.2, -0.15) is 0 Å². The van der Waals surface area contributed by atoms with E-state index < -0.39 is 40.8 Å². The highest BCUT2D eigenvalue weighted by Gasteiger charge is 2.49. The van der Waals surface area contributed by atoms with Crippen molar-refractivity contribution in [1.82, 2.24) is 0 Å². The fraction of sp³-hybridized carbons (Fsp3) is 0.130. The number of aliphatic hydroxyl groups is 1. The highest BCUT2D eigenvalue weighted by Crippen LogP contribution is 2.43. The Morgan fingerprint density at radius 2 is 1.87 bits per heavy atom. The number of aliphatic hydroxyl groups excluding tert-OH is 1. The van der Waals surface area contributed by atoms with Crippen LogP contribution in [-0.2, 0) is 9.59 Å². The van der Waals surface area contributed by atoms with Crippen molar-refractivity contribution in [3.8, 4) is 5.75 Å². The number of benzene rings is 2. The summed E-state index contributed by atoms with van der Waals surface area (Å²) in [5.41, 5.74) is -0.535. The number of hydrogen-bond donors (Lipinski definition) is 1. The number of furan rings is 1. The van der Waals surface area contributed by atoms with Crippen molar-refractivity contribution < 1.29 is 32.6 Å². The fourth-order valence-corrected chi connectivity index (χ4v) is 3.55. The zero-order chi connectivity index (χ0) is 22.3. The maximum absolute atomic E-state index is 14.6. The van der Waals surface area contributed by atoms with E-state index in [1.54, 1.807) is 25.1 Å². The van der Waals surface area contributed by atoms with Crippen LogP contribution in [0.3, 0.4) is 0 Å². The van der Waals surface area contributed by atoms with E-state index in [0.29, 0.717) is 11.5 Å². The number of ether oxygens (including phenoxy) is 1. The van der Waals surface area contributed by atoms with Crippen LogP contribution >= 0.6 is 0 Å². The summed E-state index contributed by atoms with van der Waals surface area (Å²) in [6.45, 7) is 1.65. The molecule has 3 aromatic rings. The third-order valence-electron chi connectivity index (χ3n) is 4.99. The van der Waals surface area contributed by atoms with Crippen LogP contribution in [-0.4, -0.2) is 23.9 Å². The minimum absolute atomic E-state index is 0.116. The summed E-state index contributed by atoms with van der Waals surface area (Å²) >= 11 is 0. The maximum atomic E-state index is 14.6. The maximum Gasteiger partial charge on any atom is 0.300 e. The van der Waals surface area contributed by atoms with Crippen LogP contribution in [0, 0.1) is 18.6 Å². The van der Waals surface area contributed by atoms with Crippen LogP contribution in [0.15, 0.2) is 64.6 Å². The highest BCUT2D eigenvalue weighted by molar-refractivity contribution is 6.51. The molecule has 6 nitrogen and oxygen atoms in total. The number of amides is 1. The zero-order valence-corrected chi connectivity index (χ0v) is 16.6. The minimum atomic E-state index is -1.30. The van der Waals surface area contributed by atoms with E-state index in [-0.39, 0.29) is 16.9 Å². The van der Waals surface area contributed by atoms with Crippen molar-refractivity contribution >= 4 is 23.1 Å². The number of ketones is 1. The van der Waals surface area contributed by atoms with E-state index >= 15 is 0 Å². The summed E-state index contributed by atoms with van der Waals surface area (Å²) in [6, 6.07) is 10.6. The molecular weight excluding hydrogens is 408 g/mol. The fourth-order valence-electron chi connectivity index (χ4n) is 3.55. The number of rotatable bonds is 4. The third kappa shape index (κ3) is 3.46. The number of hydrogen-bond acceptors (Lipinski definition) is 5. The predicted octanol–water partition coefficient (Wildman–Crippen LogP) is 4.50. The number of nitrogens with zero attached hydrogens (tertiary/aromatic N) is 1. The van der Waals surface area contributed by atoms with E-state index in [4.69, 9.17) is 9.15 Å². The molecule has 0 saturated carbocycles. The molecule has 0 bridgehead atoms. The van der Waals surface area contributed by atoms with Crippen LogP contribution < -0.4 is 9.64 Å². The molecule has 1 saturated heterocycles. The summed E-state index contributed by atoms with van der Waals surface area (Å²) < 4.78 is 39.2. The number of anilines is 1. The molecule has 1 amide bonds. The van der Waals surface area contributed by atoms with Gasteiger partial charge >= 0.3 is 0 Å². The topological polar surface area (TPSA) is 80.0 Å². The first-order chi connectivity index (χ1) is 14.8. The van der Waals surface area contributed by atoms with Gasteiger partial charge in [0.2, 0.25) is 0 Å². The molecule has 1 atom stereocenters. The average Bonchev–Trinajstić information content (AvgIpc) is 3.30. The van der Waals surface area contributed by atoms with Gasteiger partial charge in [0.25, 0.3) is 11.7 Å². The molecule has 1 aliphatic heterocycles. The smallest absolute Gasteiger partial charge is 0.300 e. The standard InChI is InChI=1S/C23H17F2NO5/c1-12-6-9-18(31-12)20-19(21(27)13-4-3-5-15(10-13)30-2)22(28)23(29)26(20)17-11-14(24)7-8-16(17)25/h3-11,20,27H,1-2H3/b21-19-. The number of methoxy groups -OCH3 is 1. The SMILES string of the molecule is COc1cccc(/C(O)=C2/C(=O)C(=O)N(c3cc(F)ccc3F)C2c2ccc(C)o2)c1. The number of carbonyl (C=O) groups excluding carboxylic acids is 2. The highest BCUT2D eigenvalue weighted by atomic mass is 19.1. The van der Waals surface area contributed by atoms with Gasteiger partial charge in [-0.25, -0.2) is 8.78 Å². The van der Waals surface area contributed by atoms with Crippen molar-refractivity contribution in [3.05, 3.63) is 88.9 Å². The Labute approximate surface area is 176 Å². The van der Waals surface area contributed by atoms with Crippen molar-refractivity contribution in [2.24, 2.45) is 0 Å². The minimum Gasteiger partial charge on any atom is -0.507 e. The molecule has 1 aliphatic rings. The first kappa shape index (κ1) is 20.3. The van der Waals surface area contributed by atoms with E-state index in [1.165, 1.54) is 25.3 Å². The molecule has 1 unspecified atom stereocenters. The first-order valence-corrected chi connectivity index (χ1v) is 9.28. The average molecular weight is 425 g/mol. The van der Waals surface area contributed by atoms with Gasteiger partial charge in [0.1, 0.15) is 40.7 Å². The van der Waals surface area contributed by atoms with Crippen LogP contribution in [0.25, 0.3) is 5.76 Å². The molecule has 0 radical (unpaired) electrons. The van der Waals surface area contributed by atoms with Gasteiger partial charge in [-0.1, -0.05) is 12.1 Å². The van der Waals surface area contributed by atoms with Gasteiger partial charge in [0.15, 0.2) is 0 Å². The number of carbonyl (C=O) groups is 2. The van der Waals surface area contributed by atoms with E-state index in [0.717, 1.165) is 23.1 Å². The van der Waals surface area contributed by atoms with E-state index in [2.05, 4.69) is 0 Å².